The highest BCUT2D eigenvalue weighted by atomic mass is 35.5. The highest BCUT2D eigenvalue weighted by Crippen LogP contribution is 2.23. The second-order valence-electron chi connectivity index (χ2n) is 4.11. The van der Waals surface area contributed by atoms with Gasteiger partial charge in [-0.25, -0.2) is 10.0 Å². The number of carbonyl (C=O) groups is 1. The lowest BCUT2D eigenvalue weighted by Gasteiger charge is -2.13. The molecule has 3 rings (SSSR count). The standard InChI is InChI=1S/C13H11ClN2O2/c14-12-10-5-2-1-4-9(10)8-11(15-12)13(17)16-6-3-7-18-16/h1-2,4-5,8H,3,6-7H2. The van der Waals surface area contributed by atoms with Gasteiger partial charge in [-0.1, -0.05) is 35.9 Å². The van der Waals surface area contributed by atoms with E-state index in [2.05, 4.69) is 4.98 Å². The molecule has 92 valence electrons. The molecule has 0 spiro atoms. The molecular formula is C13H11ClN2O2. The number of halogens is 1. The van der Waals surface area contributed by atoms with Crippen molar-refractivity contribution in [2.24, 2.45) is 0 Å². The van der Waals surface area contributed by atoms with E-state index in [-0.39, 0.29) is 5.91 Å². The van der Waals surface area contributed by atoms with E-state index in [0.29, 0.717) is 24.0 Å². The van der Waals surface area contributed by atoms with Gasteiger partial charge < -0.3 is 0 Å². The Morgan fingerprint density at radius 1 is 1.39 bits per heavy atom. The maximum Gasteiger partial charge on any atom is 0.296 e. The number of carbonyl (C=O) groups excluding carboxylic acids is 1. The highest BCUT2D eigenvalue weighted by molar-refractivity contribution is 6.34. The number of fused-ring (bicyclic) bond motifs is 1. The Morgan fingerprint density at radius 2 is 2.22 bits per heavy atom. The van der Waals surface area contributed by atoms with Crippen LogP contribution in [0, 0.1) is 0 Å². The lowest BCUT2D eigenvalue weighted by atomic mass is 10.1. The highest BCUT2D eigenvalue weighted by Gasteiger charge is 2.22. The van der Waals surface area contributed by atoms with E-state index in [0.717, 1.165) is 17.2 Å². The first-order valence-corrected chi connectivity index (χ1v) is 6.13. The number of nitrogens with zero attached hydrogens (tertiary/aromatic N) is 2. The molecule has 2 heterocycles. The van der Waals surface area contributed by atoms with Gasteiger partial charge in [0.2, 0.25) is 0 Å². The number of hydrogen-bond acceptors (Lipinski definition) is 3. The van der Waals surface area contributed by atoms with Crippen LogP contribution in [0.2, 0.25) is 5.15 Å². The van der Waals surface area contributed by atoms with Gasteiger partial charge in [-0.2, -0.15) is 0 Å². The van der Waals surface area contributed by atoms with Crippen LogP contribution in [0.15, 0.2) is 30.3 Å². The second-order valence-corrected chi connectivity index (χ2v) is 4.47. The molecule has 2 aromatic rings. The molecule has 0 N–H and O–H groups in total. The lowest BCUT2D eigenvalue weighted by molar-refractivity contribution is -0.0771. The largest absolute Gasteiger partial charge is 0.296 e. The summed E-state index contributed by atoms with van der Waals surface area (Å²) < 4.78 is 0. The van der Waals surface area contributed by atoms with Crippen molar-refractivity contribution in [2.75, 3.05) is 13.2 Å². The molecule has 0 atom stereocenters. The molecule has 1 aliphatic rings. The molecule has 1 aromatic heterocycles. The van der Waals surface area contributed by atoms with Gasteiger partial charge in [0.25, 0.3) is 5.91 Å². The third-order valence-electron chi connectivity index (χ3n) is 2.89. The molecule has 0 aliphatic carbocycles. The van der Waals surface area contributed by atoms with E-state index in [1.54, 1.807) is 6.07 Å². The third-order valence-corrected chi connectivity index (χ3v) is 3.18. The Hall–Kier alpha value is -1.65. The number of hydrogen-bond donors (Lipinski definition) is 0. The molecule has 5 heteroatoms. The summed E-state index contributed by atoms with van der Waals surface area (Å²) in [7, 11) is 0. The number of hydroxylamine groups is 2. The van der Waals surface area contributed by atoms with Crippen molar-refractivity contribution in [3.63, 3.8) is 0 Å². The van der Waals surface area contributed by atoms with Gasteiger partial charge in [0.15, 0.2) is 0 Å². The van der Waals surface area contributed by atoms with Gasteiger partial charge in [-0.3, -0.25) is 9.63 Å². The maximum atomic E-state index is 12.1. The van der Waals surface area contributed by atoms with E-state index >= 15 is 0 Å². The fourth-order valence-corrected chi connectivity index (χ4v) is 2.26. The van der Waals surface area contributed by atoms with Crippen LogP contribution in [0.4, 0.5) is 0 Å². The van der Waals surface area contributed by atoms with E-state index in [1.165, 1.54) is 5.06 Å². The lowest BCUT2D eigenvalue weighted by Crippen LogP contribution is -2.27. The van der Waals surface area contributed by atoms with Gasteiger partial charge in [0.1, 0.15) is 10.8 Å². The molecule has 1 saturated heterocycles. The van der Waals surface area contributed by atoms with E-state index in [4.69, 9.17) is 16.4 Å². The normalized spacial score (nSPS) is 15.3. The number of rotatable bonds is 1. The van der Waals surface area contributed by atoms with Crippen molar-refractivity contribution in [3.8, 4) is 0 Å². The summed E-state index contributed by atoms with van der Waals surface area (Å²) in [5, 5.41) is 3.43. The summed E-state index contributed by atoms with van der Waals surface area (Å²) >= 11 is 6.09. The Bertz CT molecular complexity index is 609. The number of aromatic nitrogens is 1. The predicted molar refractivity (Wildman–Crippen MR) is 68.4 cm³/mol. The van der Waals surface area contributed by atoms with Crippen molar-refractivity contribution in [3.05, 3.63) is 41.2 Å². The van der Waals surface area contributed by atoms with Crippen LogP contribution >= 0.6 is 11.6 Å². The van der Waals surface area contributed by atoms with Crippen LogP contribution in [0.3, 0.4) is 0 Å². The Kier molecular flexibility index (Phi) is 2.89. The molecule has 0 radical (unpaired) electrons. The molecule has 1 aromatic carbocycles. The fourth-order valence-electron chi connectivity index (χ4n) is 2.00. The van der Waals surface area contributed by atoms with Gasteiger partial charge >= 0.3 is 0 Å². The van der Waals surface area contributed by atoms with Gasteiger partial charge in [0.05, 0.1) is 13.2 Å². The van der Waals surface area contributed by atoms with E-state index in [9.17, 15) is 4.79 Å². The van der Waals surface area contributed by atoms with Crippen LogP contribution < -0.4 is 0 Å². The molecule has 1 aliphatic heterocycles. The molecule has 0 unspecified atom stereocenters. The summed E-state index contributed by atoms with van der Waals surface area (Å²) in [6.45, 7) is 1.18. The minimum Gasteiger partial charge on any atom is -0.271 e. The van der Waals surface area contributed by atoms with Gasteiger partial charge in [-0.05, 0) is 17.9 Å². The summed E-state index contributed by atoms with van der Waals surface area (Å²) in [6.07, 6.45) is 0.854. The molecule has 0 bridgehead atoms. The Labute approximate surface area is 109 Å². The minimum atomic E-state index is -0.236. The monoisotopic (exact) mass is 262 g/mol. The first kappa shape index (κ1) is 11.4. The van der Waals surface area contributed by atoms with Gasteiger partial charge in [-0.15, -0.1) is 0 Å². The summed E-state index contributed by atoms with van der Waals surface area (Å²) in [5.41, 5.74) is 0.320. The summed E-state index contributed by atoms with van der Waals surface area (Å²) in [4.78, 5) is 21.5. The SMILES string of the molecule is O=C(c1cc2ccccc2c(Cl)n1)N1CCCO1. The van der Waals surface area contributed by atoms with Crippen molar-refractivity contribution >= 4 is 28.3 Å². The third kappa shape index (κ3) is 1.94. The Morgan fingerprint density at radius 3 is 3.00 bits per heavy atom. The van der Waals surface area contributed by atoms with Crippen molar-refractivity contribution < 1.29 is 9.63 Å². The topological polar surface area (TPSA) is 42.4 Å². The summed E-state index contributed by atoms with van der Waals surface area (Å²) in [5.74, 6) is -0.236. The minimum absolute atomic E-state index is 0.236. The number of amides is 1. The van der Waals surface area contributed by atoms with Crippen LogP contribution in [0.5, 0.6) is 0 Å². The number of benzene rings is 1. The maximum absolute atomic E-state index is 12.1. The van der Waals surface area contributed by atoms with Crippen molar-refractivity contribution in [2.45, 2.75) is 6.42 Å². The quantitative estimate of drug-likeness (QED) is 0.742. The van der Waals surface area contributed by atoms with E-state index in [1.807, 2.05) is 24.3 Å². The zero-order valence-corrected chi connectivity index (χ0v) is 10.4. The second kappa shape index (κ2) is 4.55. The zero-order chi connectivity index (χ0) is 12.5. The Balaban J connectivity index is 2.04. The fraction of sp³-hybridized carbons (Fsp3) is 0.231. The van der Waals surface area contributed by atoms with Crippen LogP contribution in [0.1, 0.15) is 16.9 Å². The first-order chi connectivity index (χ1) is 8.75. The molecule has 18 heavy (non-hydrogen) atoms. The molecular weight excluding hydrogens is 252 g/mol. The molecule has 1 amide bonds. The number of pyridine rings is 1. The zero-order valence-electron chi connectivity index (χ0n) is 9.60. The molecule has 0 saturated carbocycles. The first-order valence-electron chi connectivity index (χ1n) is 5.76. The van der Waals surface area contributed by atoms with Crippen molar-refractivity contribution in [1.29, 1.82) is 0 Å². The predicted octanol–water partition coefficient (Wildman–Crippen LogP) is 2.67. The van der Waals surface area contributed by atoms with Crippen LogP contribution in [0.25, 0.3) is 10.8 Å². The average Bonchev–Trinajstić information content (AvgIpc) is 2.91. The molecule has 1 fully saturated rings. The molecule has 4 nitrogen and oxygen atoms in total. The summed E-state index contributed by atoms with van der Waals surface area (Å²) in [6, 6.07) is 9.32. The average molecular weight is 263 g/mol. The van der Waals surface area contributed by atoms with Crippen molar-refractivity contribution in [1.82, 2.24) is 10.0 Å². The van der Waals surface area contributed by atoms with Crippen LogP contribution in [-0.2, 0) is 4.84 Å². The smallest absolute Gasteiger partial charge is 0.271 e. The van der Waals surface area contributed by atoms with E-state index < -0.39 is 0 Å². The van der Waals surface area contributed by atoms with Crippen LogP contribution in [-0.4, -0.2) is 29.1 Å². The van der Waals surface area contributed by atoms with Gasteiger partial charge in [0, 0.05) is 5.39 Å².